The maximum Gasteiger partial charge on any atom is 0.332 e. The number of aliphatic carboxylic acids is 1. The van der Waals surface area contributed by atoms with Gasteiger partial charge in [-0.1, -0.05) is 30.7 Å². The molecule has 35 heavy (non-hydrogen) atoms. The fourth-order valence-corrected chi connectivity index (χ4v) is 3.29. The molecule has 10 heteroatoms. The van der Waals surface area contributed by atoms with Gasteiger partial charge >= 0.3 is 11.7 Å². The van der Waals surface area contributed by atoms with Crippen LogP contribution in [0.4, 0.5) is 11.5 Å². The van der Waals surface area contributed by atoms with E-state index >= 15 is 0 Å². The summed E-state index contributed by atoms with van der Waals surface area (Å²) in [6, 6.07) is 15.2. The molecule has 1 aromatic heterocycles. The largest absolute Gasteiger partial charge is 0.481 e. The average Bonchev–Trinajstić information content (AvgIpc) is 2.84. The maximum absolute atomic E-state index is 13.3. The summed E-state index contributed by atoms with van der Waals surface area (Å²) in [5.74, 6) is -1.16. The molecular formula is C25H25ClN4O5. The lowest BCUT2D eigenvalue weighted by atomic mass is 10.2. The van der Waals surface area contributed by atoms with E-state index in [4.69, 9.17) is 16.3 Å². The first-order chi connectivity index (χ1) is 16.8. The molecule has 0 unspecified atom stereocenters. The Bertz CT molecular complexity index is 1340. The third-order valence-electron chi connectivity index (χ3n) is 5.04. The minimum absolute atomic E-state index is 0.143. The summed E-state index contributed by atoms with van der Waals surface area (Å²) in [5, 5.41) is 12.9. The van der Waals surface area contributed by atoms with Crippen molar-refractivity contribution in [1.29, 1.82) is 0 Å². The van der Waals surface area contributed by atoms with E-state index in [0.29, 0.717) is 16.5 Å². The van der Waals surface area contributed by atoms with E-state index in [0.717, 1.165) is 10.1 Å². The number of nitrogens with one attached hydrogen (secondary N) is 1. The Balaban J connectivity index is 1.96. The zero-order valence-electron chi connectivity index (χ0n) is 19.2. The Hall–Kier alpha value is -4.11. The number of nitrogens with zero attached hydrogens (tertiary/aromatic N) is 3. The lowest BCUT2D eigenvalue weighted by Crippen LogP contribution is -2.42. The summed E-state index contributed by atoms with van der Waals surface area (Å²) in [6.45, 7) is 3.14. The number of hydrogen-bond donors (Lipinski definition) is 2. The van der Waals surface area contributed by atoms with Gasteiger partial charge < -0.3 is 15.2 Å². The van der Waals surface area contributed by atoms with Crippen molar-refractivity contribution >= 4 is 35.3 Å². The normalized spacial score (nSPS) is 12.2. The van der Waals surface area contributed by atoms with Crippen molar-refractivity contribution in [2.24, 2.45) is 10.9 Å². The number of carboxylic acids is 1. The third-order valence-corrected chi connectivity index (χ3v) is 5.29. The molecule has 9 nitrogen and oxygen atoms in total. The van der Waals surface area contributed by atoms with Crippen LogP contribution < -0.4 is 21.3 Å². The Morgan fingerprint density at radius 3 is 2.46 bits per heavy atom. The molecule has 3 aromatic rings. The van der Waals surface area contributed by atoms with Crippen LogP contribution in [0, 0.1) is 5.92 Å². The van der Waals surface area contributed by atoms with Crippen molar-refractivity contribution in [3.05, 3.63) is 98.5 Å². The molecular weight excluding hydrogens is 472 g/mol. The van der Waals surface area contributed by atoms with E-state index in [1.165, 1.54) is 30.0 Å². The second-order valence-corrected chi connectivity index (χ2v) is 8.11. The van der Waals surface area contributed by atoms with Crippen LogP contribution in [-0.2, 0) is 17.9 Å². The summed E-state index contributed by atoms with van der Waals surface area (Å²) in [4.78, 5) is 41.2. The molecule has 0 saturated carbocycles. The molecule has 0 aliphatic carbocycles. The fourth-order valence-electron chi connectivity index (χ4n) is 3.16. The number of halogens is 1. The fraction of sp³-hybridized carbons (Fsp3) is 0.200. The smallest absolute Gasteiger partial charge is 0.332 e. The van der Waals surface area contributed by atoms with E-state index in [9.17, 15) is 19.5 Å². The third kappa shape index (κ3) is 6.94. The van der Waals surface area contributed by atoms with Crippen LogP contribution in [0.2, 0.25) is 5.02 Å². The quantitative estimate of drug-likeness (QED) is 0.322. The summed E-state index contributed by atoms with van der Waals surface area (Å²) in [7, 11) is 0. The van der Waals surface area contributed by atoms with Gasteiger partial charge in [0.1, 0.15) is 17.8 Å². The molecule has 2 N–H and O–H groups in total. The van der Waals surface area contributed by atoms with Crippen molar-refractivity contribution < 1.29 is 14.6 Å². The molecule has 0 radical (unpaired) electrons. The first-order valence-corrected chi connectivity index (χ1v) is 11.1. The Morgan fingerprint density at radius 2 is 1.83 bits per heavy atom. The monoisotopic (exact) mass is 496 g/mol. The predicted octanol–water partition coefficient (Wildman–Crippen LogP) is 4.12. The Morgan fingerprint density at radius 1 is 1.14 bits per heavy atom. The Labute approximate surface area is 206 Å². The summed E-state index contributed by atoms with van der Waals surface area (Å²) in [6.07, 6.45) is 4.60. The summed E-state index contributed by atoms with van der Waals surface area (Å²) in [5.41, 5.74) is 0.179. The highest BCUT2D eigenvalue weighted by molar-refractivity contribution is 6.30. The topological polar surface area (TPSA) is 115 Å². The van der Waals surface area contributed by atoms with E-state index < -0.39 is 23.1 Å². The number of aromatic nitrogens is 2. The van der Waals surface area contributed by atoms with Crippen molar-refractivity contribution in [2.75, 3.05) is 5.32 Å². The molecule has 0 amide bonds. The summed E-state index contributed by atoms with van der Waals surface area (Å²) < 4.78 is 7.76. The number of benzene rings is 2. The van der Waals surface area contributed by atoms with Gasteiger partial charge in [-0.3, -0.25) is 23.7 Å². The van der Waals surface area contributed by atoms with Gasteiger partial charge in [-0.25, -0.2) is 4.79 Å². The molecule has 1 heterocycles. The minimum atomic E-state index is -1.10. The first kappa shape index (κ1) is 25.5. The van der Waals surface area contributed by atoms with Crippen molar-refractivity contribution in [3.63, 3.8) is 0 Å². The van der Waals surface area contributed by atoms with Gasteiger partial charge in [-0.2, -0.15) is 0 Å². The number of aliphatic imine (C=N–C) groups is 1. The molecule has 0 aliphatic rings. The predicted molar refractivity (Wildman–Crippen MR) is 136 cm³/mol. The van der Waals surface area contributed by atoms with Crippen LogP contribution in [0.1, 0.15) is 19.4 Å². The average molecular weight is 497 g/mol. The molecule has 0 fully saturated rings. The lowest BCUT2D eigenvalue weighted by Gasteiger charge is -2.18. The van der Waals surface area contributed by atoms with Gasteiger partial charge in [0, 0.05) is 29.5 Å². The first-order valence-electron chi connectivity index (χ1n) is 10.8. The molecule has 0 aliphatic heterocycles. The van der Waals surface area contributed by atoms with Crippen LogP contribution >= 0.6 is 11.6 Å². The molecule has 2 aromatic carbocycles. The van der Waals surface area contributed by atoms with Crippen LogP contribution in [0.5, 0.6) is 5.75 Å². The standard InChI is InChI=1S/C25H25ClN4O5/c1-3-27-12-13-35-21-10-8-20(9-11-21)28-22-14-23(31)30(15-17(2)24(32)33)25(34)29(22)16-18-4-6-19(26)7-5-18/h3-14,17,28H,15-16H2,1-2H3,(H,32,33)/b13-12+,27-3-/t17-/m0/s1. The lowest BCUT2D eigenvalue weighted by molar-refractivity contribution is -0.141. The number of carboxylic acid groups (broad SMARTS) is 1. The molecule has 1 atom stereocenters. The molecule has 3 rings (SSSR count). The highest BCUT2D eigenvalue weighted by Gasteiger charge is 2.18. The highest BCUT2D eigenvalue weighted by Crippen LogP contribution is 2.20. The van der Waals surface area contributed by atoms with E-state index in [-0.39, 0.29) is 18.9 Å². The van der Waals surface area contributed by atoms with Gasteiger partial charge in [0.05, 0.1) is 18.7 Å². The van der Waals surface area contributed by atoms with E-state index in [1.54, 1.807) is 61.7 Å². The molecule has 182 valence electrons. The molecule has 0 bridgehead atoms. The minimum Gasteiger partial charge on any atom is -0.481 e. The molecule has 0 saturated heterocycles. The number of carbonyl (C=O) groups is 1. The SMILES string of the molecule is C/C=N\C=C\Oc1ccc(Nc2cc(=O)n(C[C@H](C)C(=O)O)c(=O)n2Cc2ccc(Cl)cc2)cc1. The van der Waals surface area contributed by atoms with Crippen molar-refractivity contribution in [1.82, 2.24) is 9.13 Å². The summed E-state index contributed by atoms with van der Waals surface area (Å²) >= 11 is 5.97. The Kier molecular flexibility index (Phi) is 8.63. The second kappa shape index (κ2) is 11.8. The van der Waals surface area contributed by atoms with Crippen LogP contribution in [0.15, 0.2) is 81.6 Å². The maximum atomic E-state index is 13.3. The van der Waals surface area contributed by atoms with Crippen LogP contribution in [-0.4, -0.2) is 26.4 Å². The second-order valence-electron chi connectivity index (χ2n) is 7.67. The van der Waals surface area contributed by atoms with Crippen LogP contribution in [0.3, 0.4) is 0 Å². The van der Waals surface area contributed by atoms with Gasteiger partial charge in [0.2, 0.25) is 0 Å². The van der Waals surface area contributed by atoms with Crippen LogP contribution in [0.25, 0.3) is 0 Å². The number of hydrogen-bond acceptors (Lipinski definition) is 6. The number of ether oxygens (including phenoxy) is 1. The molecule has 0 spiro atoms. The van der Waals surface area contributed by atoms with Gasteiger partial charge in [0.25, 0.3) is 5.56 Å². The van der Waals surface area contributed by atoms with E-state index in [2.05, 4.69) is 10.3 Å². The zero-order valence-corrected chi connectivity index (χ0v) is 20.0. The zero-order chi connectivity index (χ0) is 25.4. The number of anilines is 2. The van der Waals surface area contributed by atoms with Gasteiger partial charge in [-0.05, 0) is 48.9 Å². The highest BCUT2D eigenvalue weighted by atomic mass is 35.5. The van der Waals surface area contributed by atoms with Gasteiger partial charge in [-0.15, -0.1) is 0 Å². The van der Waals surface area contributed by atoms with E-state index in [1.807, 2.05) is 0 Å². The van der Waals surface area contributed by atoms with Crippen molar-refractivity contribution in [3.8, 4) is 5.75 Å². The van der Waals surface area contributed by atoms with Crippen molar-refractivity contribution in [2.45, 2.75) is 26.9 Å². The number of rotatable bonds is 10. The van der Waals surface area contributed by atoms with Gasteiger partial charge in [0.15, 0.2) is 0 Å².